The summed E-state index contributed by atoms with van der Waals surface area (Å²) in [5.74, 6) is -6.07. The van der Waals surface area contributed by atoms with Crippen molar-refractivity contribution in [2.24, 2.45) is 0 Å². The first kappa shape index (κ1) is 6.68. The van der Waals surface area contributed by atoms with Gasteiger partial charge in [0.1, 0.15) is 0 Å². The number of carbonyl (C=O) groups is 1. The lowest BCUT2D eigenvalue weighted by atomic mass is 10.4. The smallest absolute Gasteiger partial charge is 0.340 e. The normalized spacial score (nSPS) is 18.3. The van der Waals surface area contributed by atoms with Gasteiger partial charge in [-0.05, 0) is 0 Å². The Hall–Kier alpha value is -0.810. The van der Waals surface area contributed by atoms with Gasteiger partial charge in [-0.1, -0.05) is 6.88 Å². The predicted molar refractivity (Wildman–Crippen MR) is 32.2 cm³/mol. The topological polar surface area (TPSA) is 26.3 Å². The Balaban J connectivity index is 4.12. The molecule has 0 heterocycles. The Morgan fingerprint density at radius 3 is 2.75 bits per heavy atom. The summed E-state index contributed by atoms with van der Waals surface area (Å²) in [5.41, 5.74) is 0. The van der Waals surface area contributed by atoms with Gasteiger partial charge >= 0.3 is 18.3 Å². The lowest BCUT2D eigenvalue weighted by Crippen LogP contribution is -2.33. The predicted octanol–water partition coefficient (Wildman–Crippen LogP) is 1.84. The Labute approximate surface area is 70.7 Å². The molecule has 0 aromatic heterocycles. The second-order valence-corrected chi connectivity index (χ2v) is 1.84. The van der Waals surface area contributed by atoms with E-state index in [-0.39, 0.29) is 0 Å². The van der Waals surface area contributed by atoms with Crippen molar-refractivity contribution in [1.29, 1.82) is 0 Å². The van der Waals surface area contributed by atoms with E-state index >= 15 is 0 Å². The van der Waals surface area contributed by atoms with Gasteiger partial charge in [-0.2, -0.15) is 8.78 Å². The highest BCUT2D eigenvalue weighted by molar-refractivity contribution is 5.68. The maximum atomic E-state index is 12.2. The molecule has 0 N–H and O–H groups in total. The number of esters is 1. The molecule has 0 aromatic rings. The van der Waals surface area contributed by atoms with Gasteiger partial charge in [0.2, 0.25) is 0 Å². The Morgan fingerprint density at radius 1 is 1.75 bits per heavy atom. The lowest BCUT2D eigenvalue weighted by molar-refractivity contribution is -0.179. The van der Waals surface area contributed by atoms with Crippen LogP contribution in [0.1, 0.15) is 17.4 Å². The maximum Gasteiger partial charge on any atom is 0.340 e. The second kappa shape index (κ2) is 4.27. The van der Waals surface area contributed by atoms with Gasteiger partial charge in [-0.15, -0.1) is 0 Å². The lowest BCUT2D eigenvalue weighted by Gasteiger charge is -2.14. The third-order valence-electron chi connectivity index (χ3n) is 0.862. The summed E-state index contributed by atoms with van der Waals surface area (Å²) >= 11 is 0. The number of carbonyl (C=O) groups excluding carboxylic acids is 1. The fourth-order valence-corrected chi connectivity index (χ4v) is 0.278. The van der Waals surface area contributed by atoms with Crippen LogP contribution in [-0.2, 0) is 9.53 Å². The highest BCUT2D eigenvalue weighted by Gasteiger charge is 2.42. The molecule has 0 aliphatic rings. The fourth-order valence-electron chi connectivity index (χ4n) is 0.278. The first-order valence-corrected chi connectivity index (χ1v) is 2.78. The minimum Gasteiger partial charge on any atom is -0.459 e. The van der Waals surface area contributed by atoms with E-state index in [0.29, 0.717) is 0 Å². The van der Waals surface area contributed by atoms with Crippen LogP contribution in [0.3, 0.4) is 0 Å². The number of ether oxygens (including phenoxy) is 1. The van der Waals surface area contributed by atoms with E-state index in [4.69, 9.17) is 4.11 Å². The van der Waals surface area contributed by atoms with Gasteiger partial charge in [0.25, 0.3) is 0 Å². The van der Waals surface area contributed by atoms with Crippen LogP contribution in [0.4, 0.5) is 17.6 Å². The van der Waals surface area contributed by atoms with E-state index in [1.54, 1.807) is 0 Å². The molecule has 12 heavy (non-hydrogen) atoms. The van der Waals surface area contributed by atoms with Gasteiger partial charge in [-0.3, -0.25) is 4.79 Å². The van der Waals surface area contributed by atoms with Crippen LogP contribution in [0.25, 0.3) is 0 Å². The molecule has 1 unspecified atom stereocenters. The van der Waals surface area contributed by atoms with Gasteiger partial charge in [0, 0.05) is 10.5 Å². The molecule has 0 aliphatic carbocycles. The molecule has 0 saturated heterocycles. The first-order chi connectivity index (χ1) is 6.68. The molecule has 72 valence electrons. The van der Waals surface area contributed by atoms with E-state index in [1.165, 1.54) is 0 Å². The van der Waals surface area contributed by atoms with Crippen molar-refractivity contribution in [3.8, 4) is 0 Å². The molecule has 6 heteroatoms. The molecule has 0 rings (SSSR count). The third-order valence-corrected chi connectivity index (χ3v) is 0.862. The van der Waals surface area contributed by atoms with Crippen molar-refractivity contribution < 1.29 is 31.2 Å². The summed E-state index contributed by atoms with van der Waals surface area (Å²) in [6.07, 6.45) is -5.98. The summed E-state index contributed by atoms with van der Waals surface area (Å²) in [4.78, 5) is 10.6. The van der Waals surface area contributed by atoms with Crippen molar-refractivity contribution in [2.75, 3.05) is 6.61 Å². The molecule has 0 radical (unpaired) electrons. The molecule has 0 spiro atoms. The van der Waals surface area contributed by atoms with Gasteiger partial charge in [-0.25, -0.2) is 8.78 Å². The zero-order chi connectivity index (χ0) is 12.2. The number of rotatable bonds is 4. The first-order valence-electron chi connectivity index (χ1n) is 4.51. The Morgan fingerprint density at radius 2 is 2.33 bits per heavy atom. The van der Waals surface area contributed by atoms with Gasteiger partial charge in [0.15, 0.2) is 6.61 Å². The Bertz CT molecular complexity index is 224. The van der Waals surface area contributed by atoms with E-state index in [0.717, 1.165) is 0 Å². The SMILES string of the molecule is [2H]C([2H])C([2H])[13C](=O)OCC(F)(F)C(F)F. The average molecular weight is 192 g/mol. The molecule has 0 bridgehead atoms. The molecule has 0 saturated carbocycles. The molecule has 2 nitrogen and oxygen atoms in total. The van der Waals surface area contributed by atoms with Crippen molar-refractivity contribution in [1.82, 2.24) is 0 Å². The molecular formula is C6H8F4O2. The van der Waals surface area contributed by atoms with Gasteiger partial charge < -0.3 is 4.74 Å². The van der Waals surface area contributed by atoms with E-state index in [1.807, 2.05) is 0 Å². The minimum absolute atomic E-state index is 1.59. The summed E-state index contributed by atoms with van der Waals surface area (Å²) in [6, 6.07) is 0. The third kappa shape index (κ3) is 3.54. The second-order valence-electron chi connectivity index (χ2n) is 1.84. The quantitative estimate of drug-likeness (QED) is 0.386. The molecule has 0 aliphatic heterocycles. The highest BCUT2D eigenvalue weighted by Crippen LogP contribution is 2.22. The number of halogens is 4. The maximum absolute atomic E-state index is 12.2. The largest absolute Gasteiger partial charge is 0.459 e. The molecule has 0 aromatic carbocycles. The summed E-state index contributed by atoms with van der Waals surface area (Å²) in [6.45, 7) is -3.77. The fraction of sp³-hybridized carbons (Fsp3) is 0.833. The van der Waals surface area contributed by atoms with Crippen LogP contribution in [0, 0.1) is 0 Å². The zero-order valence-electron chi connectivity index (χ0n) is 8.77. The summed E-state index contributed by atoms with van der Waals surface area (Å²) < 4.78 is 71.1. The van der Waals surface area contributed by atoms with Crippen molar-refractivity contribution in [2.45, 2.75) is 25.6 Å². The van der Waals surface area contributed by atoms with Gasteiger partial charge in [0.05, 0.1) is 0 Å². The number of hydrogen-bond donors (Lipinski definition) is 0. The molecule has 0 fully saturated rings. The molecular weight excluding hydrogens is 181 g/mol. The average Bonchev–Trinajstić information content (AvgIpc) is 2.12. The van der Waals surface area contributed by atoms with Crippen LogP contribution in [0.15, 0.2) is 0 Å². The number of alkyl halides is 4. The summed E-state index contributed by atoms with van der Waals surface area (Å²) in [5, 5.41) is 0. The Kier molecular flexibility index (Phi) is 2.38. The van der Waals surface area contributed by atoms with Crippen LogP contribution >= 0.6 is 0 Å². The molecule has 0 amide bonds. The monoisotopic (exact) mass is 192 g/mol. The minimum atomic E-state index is -4.48. The van der Waals surface area contributed by atoms with Crippen molar-refractivity contribution in [3.05, 3.63) is 0 Å². The zero-order valence-corrected chi connectivity index (χ0v) is 5.77. The van der Waals surface area contributed by atoms with Crippen LogP contribution in [0.2, 0.25) is 0 Å². The van der Waals surface area contributed by atoms with E-state index < -0.39 is 38.2 Å². The standard InChI is InChI=1S/C6H8F4O2/c1-2-4(11)12-3-6(9,10)5(7)8/h5H,2-3H2,1H3/i1D2,2D,4+1. The van der Waals surface area contributed by atoms with Crippen molar-refractivity contribution >= 4 is 5.97 Å². The highest BCUT2D eigenvalue weighted by atomic mass is 19.3. The van der Waals surface area contributed by atoms with Crippen LogP contribution < -0.4 is 0 Å². The van der Waals surface area contributed by atoms with Crippen molar-refractivity contribution in [3.63, 3.8) is 0 Å². The number of hydrogen-bond acceptors (Lipinski definition) is 2. The van der Waals surface area contributed by atoms with Crippen LogP contribution in [-0.4, -0.2) is 24.9 Å². The van der Waals surface area contributed by atoms with E-state index in [2.05, 4.69) is 4.74 Å². The molecule has 1 atom stereocenters. The van der Waals surface area contributed by atoms with E-state index in [9.17, 15) is 22.4 Å². The van der Waals surface area contributed by atoms with Crippen LogP contribution in [0.5, 0.6) is 0 Å². The summed E-state index contributed by atoms with van der Waals surface area (Å²) in [7, 11) is 0.